The number of fused-ring (bicyclic) bond motifs is 2. The lowest BCUT2D eigenvalue weighted by atomic mass is 9.64. The molecule has 3 atom stereocenters. The fraction of sp³-hybridized carbons (Fsp3) is 0.708. The molecule has 0 aromatic carbocycles. The highest BCUT2D eigenvalue weighted by Gasteiger charge is 2.64. The summed E-state index contributed by atoms with van der Waals surface area (Å²) in [6.07, 6.45) is 11.0. The standard InChI is InChI=1S/C24H36N2O2/c1-16(2)18-9-10-23(3)11-12-24-19(21(18)23)8-7-17(15-20(24)28-24)22(27)25-13-6-14-26(4)5/h7-8,16,20H,6,9-15H2,1-5H3,(H,25,27)/t20?,23-,24+/m1/s1. The summed E-state index contributed by atoms with van der Waals surface area (Å²) < 4.78 is 6.34. The van der Waals surface area contributed by atoms with E-state index in [1.807, 2.05) is 0 Å². The molecule has 1 N–H and O–H groups in total. The lowest BCUT2D eigenvalue weighted by Crippen LogP contribution is -2.34. The summed E-state index contributed by atoms with van der Waals surface area (Å²) in [6, 6.07) is 0. The van der Waals surface area contributed by atoms with Crippen molar-refractivity contribution < 1.29 is 9.53 Å². The third-order valence-corrected chi connectivity index (χ3v) is 7.37. The molecule has 4 heteroatoms. The Kier molecular flexibility index (Phi) is 5.08. The minimum absolute atomic E-state index is 0.0761. The zero-order chi connectivity index (χ0) is 20.1. The molecule has 1 aliphatic heterocycles. The van der Waals surface area contributed by atoms with Gasteiger partial charge in [0.2, 0.25) is 5.91 Å². The van der Waals surface area contributed by atoms with Gasteiger partial charge in [-0.2, -0.15) is 0 Å². The molecular weight excluding hydrogens is 348 g/mol. The summed E-state index contributed by atoms with van der Waals surface area (Å²) in [7, 11) is 4.12. The number of rotatable bonds is 6. The van der Waals surface area contributed by atoms with Gasteiger partial charge in [0, 0.05) is 18.5 Å². The first-order valence-electron chi connectivity index (χ1n) is 11.0. The molecule has 0 aromatic rings. The van der Waals surface area contributed by atoms with E-state index in [0.717, 1.165) is 37.9 Å². The molecule has 1 heterocycles. The van der Waals surface area contributed by atoms with Gasteiger partial charge in [-0.3, -0.25) is 4.79 Å². The van der Waals surface area contributed by atoms with Gasteiger partial charge in [0.05, 0.1) is 6.10 Å². The highest BCUT2D eigenvalue weighted by molar-refractivity contribution is 5.94. The van der Waals surface area contributed by atoms with Gasteiger partial charge < -0.3 is 15.0 Å². The second kappa shape index (κ2) is 7.14. The molecular formula is C24H36N2O2. The van der Waals surface area contributed by atoms with Crippen molar-refractivity contribution in [2.24, 2.45) is 11.3 Å². The smallest absolute Gasteiger partial charge is 0.247 e. The third-order valence-electron chi connectivity index (χ3n) is 7.37. The molecule has 0 aromatic heterocycles. The van der Waals surface area contributed by atoms with Crippen molar-refractivity contribution in [3.8, 4) is 0 Å². The van der Waals surface area contributed by atoms with Gasteiger partial charge in [-0.15, -0.1) is 0 Å². The largest absolute Gasteiger partial charge is 0.361 e. The second-order valence-electron chi connectivity index (χ2n) is 10.0. The van der Waals surface area contributed by atoms with E-state index in [1.165, 1.54) is 24.8 Å². The molecule has 1 unspecified atom stereocenters. The van der Waals surface area contributed by atoms with Crippen molar-refractivity contribution in [3.63, 3.8) is 0 Å². The second-order valence-corrected chi connectivity index (χ2v) is 10.0. The van der Waals surface area contributed by atoms with E-state index in [4.69, 9.17) is 4.74 Å². The first-order valence-corrected chi connectivity index (χ1v) is 11.0. The average molecular weight is 385 g/mol. The Morgan fingerprint density at radius 3 is 2.79 bits per heavy atom. The predicted molar refractivity (Wildman–Crippen MR) is 113 cm³/mol. The van der Waals surface area contributed by atoms with Crippen LogP contribution in [-0.4, -0.2) is 49.7 Å². The van der Waals surface area contributed by atoms with E-state index < -0.39 is 0 Å². The number of allylic oxidation sites excluding steroid dienone is 3. The van der Waals surface area contributed by atoms with Gasteiger partial charge in [-0.25, -0.2) is 0 Å². The number of ether oxygens (including phenoxy) is 1. The summed E-state index contributed by atoms with van der Waals surface area (Å²) in [5, 5.41) is 3.10. The van der Waals surface area contributed by atoms with E-state index in [-0.39, 0.29) is 17.6 Å². The molecule has 3 aliphatic carbocycles. The lowest BCUT2D eigenvalue weighted by molar-refractivity contribution is -0.117. The average Bonchev–Trinajstić information content (AvgIpc) is 3.23. The molecule has 4 nitrogen and oxygen atoms in total. The van der Waals surface area contributed by atoms with Crippen LogP contribution in [0, 0.1) is 11.3 Å². The molecule has 0 bridgehead atoms. The van der Waals surface area contributed by atoms with Crippen molar-refractivity contribution in [2.75, 3.05) is 27.2 Å². The van der Waals surface area contributed by atoms with Gasteiger partial charge in [0.1, 0.15) is 5.60 Å². The van der Waals surface area contributed by atoms with E-state index >= 15 is 0 Å². The number of carbonyl (C=O) groups excluding carboxylic acids is 1. The Balaban J connectivity index is 1.57. The summed E-state index contributed by atoms with van der Waals surface area (Å²) in [5.41, 5.74) is 5.62. The fourth-order valence-corrected chi connectivity index (χ4v) is 5.62. The maximum absolute atomic E-state index is 12.7. The number of hydrogen-bond donors (Lipinski definition) is 1. The number of epoxide rings is 1. The van der Waals surface area contributed by atoms with Crippen LogP contribution in [0.5, 0.6) is 0 Å². The predicted octanol–water partition coefficient (Wildman–Crippen LogP) is 3.99. The number of hydrogen-bond acceptors (Lipinski definition) is 3. The fourth-order valence-electron chi connectivity index (χ4n) is 5.62. The Bertz CT molecular complexity index is 761. The highest BCUT2D eigenvalue weighted by Crippen LogP contribution is 2.65. The van der Waals surface area contributed by atoms with Gasteiger partial charge >= 0.3 is 0 Å². The lowest BCUT2D eigenvalue weighted by Gasteiger charge is -2.39. The zero-order valence-corrected chi connectivity index (χ0v) is 18.2. The first kappa shape index (κ1) is 19.9. The van der Waals surface area contributed by atoms with Gasteiger partial charge in [0.25, 0.3) is 0 Å². The molecule has 1 saturated heterocycles. The number of carbonyl (C=O) groups is 1. The number of nitrogens with zero attached hydrogens (tertiary/aromatic N) is 1. The molecule has 1 spiro atoms. The highest BCUT2D eigenvalue weighted by atomic mass is 16.6. The van der Waals surface area contributed by atoms with Crippen LogP contribution in [-0.2, 0) is 9.53 Å². The molecule has 4 aliphatic rings. The molecule has 28 heavy (non-hydrogen) atoms. The summed E-state index contributed by atoms with van der Waals surface area (Å²) in [6.45, 7) is 8.79. The van der Waals surface area contributed by atoms with Crippen molar-refractivity contribution in [1.82, 2.24) is 10.2 Å². The zero-order valence-electron chi connectivity index (χ0n) is 18.2. The van der Waals surface area contributed by atoms with Crippen LogP contribution in [0.25, 0.3) is 0 Å². The summed E-state index contributed by atoms with van der Waals surface area (Å²) in [5.74, 6) is 0.656. The Labute approximate surface area is 170 Å². The Hall–Kier alpha value is -1.39. The monoisotopic (exact) mass is 384 g/mol. The van der Waals surface area contributed by atoms with E-state index in [9.17, 15) is 4.79 Å². The quantitative estimate of drug-likeness (QED) is 0.556. The molecule has 154 valence electrons. The summed E-state index contributed by atoms with van der Waals surface area (Å²) >= 11 is 0. The number of amides is 1. The molecule has 4 rings (SSSR count). The minimum Gasteiger partial charge on any atom is -0.361 e. The Morgan fingerprint density at radius 1 is 1.29 bits per heavy atom. The molecule has 2 fully saturated rings. The van der Waals surface area contributed by atoms with Crippen LogP contribution in [0.4, 0.5) is 0 Å². The normalized spacial score (nSPS) is 33.8. The SMILES string of the molecule is CC(C)C1=C2C3=CC=C(C(=O)NCCCN(C)C)CC4O[C@@]34CC[C@@]2(C)CC1. The van der Waals surface area contributed by atoms with E-state index in [2.05, 4.69) is 57.2 Å². The van der Waals surface area contributed by atoms with Gasteiger partial charge in [-0.1, -0.05) is 38.5 Å². The molecule has 1 amide bonds. The summed E-state index contributed by atoms with van der Waals surface area (Å²) in [4.78, 5) is 14.9. The first-order chi connectivity index (χ1) is 13.3. The maximum atomic E-state index is 12.7. The topological polar surface area (TPSA) is 44.9 Å². The van der Waals surface area contributed by atoms with Gasteiger partial charge in [-0.05, 0) is 75.2 Å². The third kappa shape index (κ3) is 3.29. The van der Waals surface area contributed by atoms with Crippen molar-refractivity contribution in [3.05, 3.63) is 34.4 Å². The van der Waals surface area contributed by atoms with Crippen LogP contribution in [0.15, 0.2) is 34.4 Å². The minimum atomic E-state index is -0.122. The Morgan fingerprint density at radius 2 is 2.07 bits per heavy atom. The van der Waals surface area contributed by atoms with E-state index in [0.29, 0.717) is 11.3 Å². The van der Waals surface area contributed by atoms with Gasteiger partial charge in [0.15, 0.2) is 0 Å². The number of nitrogens with one attached hydrogen (secondary N) is 1. The molecule has 1 saturated carbocycles. The van der Waals surface area contributed by atoms with Crippen LogP contribution in [0.3, 0.4) is 0 Å². The van der Waals surface area contributed by atoms with Crippen LogP contribution < -0.4 is 5.32 Å². The van der Waals surface area contributed by atoms with E-state index in [1.54, 1.807) is 11.1 Å². The van der Waals surface area contributed by atoms with Crippen molar-refractivity contribution >= 4 is 5.91 Å². The maximum Gasteiger partial charge on any atom is 0.247 e. The van der Waals surface area contributed by atoms with Crippen LogP contribution >= 0.6 is 0 Å². The van der Waals surface area contributed by atoms with Crippen LogP contribution in [0.2, 0.25) is 0 Å². The molecule has 0 radical (unpaired) electrons. The van der Waals surface area contributed by atoms with Crippen LogP contribution in [0.1, 0.15) is 59.3 Å². The van der Waals surface area contributed by atoms with Crippen molar-refractivity contribution in [2.45, 2.75) is 71.0 Å². The van der Waals surface area contributed by atoms with Crippen molar-refractivity contribution in [1.29, 1.82) is 0 Å².